The Morgan fingerprint density at radius 3 is 2.48 bits per heavy atom. The van der Waals surface area contributed by atoms with Crippen molar-refractivity contribution in [2.24, 2.45) is 7.05 Å². The molecule has 3 rings (SSSR count). The molecule has 1 N–H and O–H groups in total. The van der Waals surface area contributed by atoms with Gasteiger partial charge < -0.3 is 9.88 Å². The number of aryl methyl sites for hydroxylation is 1. The largest absolute Gasteiger partial charge is 0.331 e. The van der Waals surface area contributed by atoms with E-state index in [0.717, 1.165) is 22.4 Å². The molecule has 0 aliphatic heterocycles. The Hall–Kier alpha value is -2.04. The Labute approximate surface area is 144 Å². The highest BCUT2D eigenvalue weighted by atomic mass is 35.5. The minimum absolute atomic E-state index is 0.166. The van der Waals surface area contributed by atoms with Crippen LogP contribution in [0.5, 0.6) is 0 Å². The summed E-state index contributed by atoms with van der Waals surface area (Å²) >= 11 is 12.7. The molecule has 0 atom stereocenters. The van der Waals surface area contributed by atoms with Crippen LogP contribution in [0.3, 0.4) is 0 Å². The lowest BCUT2D eigenvalue weighted by Gasteiger charge is -2.10. The lowest BCUT2D eigenvalue weighted by molar-refractivity contribution is -0.114. The van der Waals surface area contributed by atoms with E-state index in [1.807, 2.05) is 35.9 Å². The molecule has 4 nitrogen and oxygen atoms in total. The molecule has 0 radical (unpaired) electrons. The molecule has 2 aromatic carbocycles. The average Bonchev–Trinajstić information content (AvgIpc) is 2.79. The highest BCUT2D eigenvalue weighted by Gasteiger charge is 2.14. The maximum absolute atomic E-state index is 11.1. The summed E-state index contributed by atoms with van der Waals surface area (Å²) in [7, 11) is 1.97. The van der Waals surface area contributed by atoms with Crippen LogP contribution in [0.2, 0.25) is 10.0 Å². The number of rotatable bonds is 3. The van der Waals surface area contributed by atoms with Gasteiger partial charge in [-0.2, -0.15) is 0 Å². The molecule has 6 heteroatoms. The van der Waals surface area contributed by atoms with Crippen LogP contribution in [0.4, 0.5) is 5.69 Å². The van der Waals surface area contributed by atoms with E-state index in [0.29, 0.717) is 22.2 Å². The summed E-state index contributed by atoms with van der Waals surface area (Å²) in [5, 5.41) is 3.70. The summed E-state index contributed by atoms with van der Waals surface area (Å²) in [6.07, 6.45) is 0.517. The van der Waals surface area contributed by atoms with E-state index in [9.17, 15) is 4.79 Å². The number of hydrogen-bond donors (Lipinski definition) is 1. The SMILES string of the molecule is CC(=O)Nc1cc(Cl)c(Cc2nc3ccccc3n2C)c(Cl)c1. The molecule has 0 spiro atoms. The molecule has 1 aromatic heterocycles. The quantitative estimate of drug-likeness (QED) is 0.761. The van der Waals surface area contributed by atoms with Crippen molar-refractivity contribution in [1.29, 1.82) is 0 Å². The van der Waals surface area contributed by atoms with Gasteiger partial charge in [0.15, 0.2) is 0 Å². The number of amides is 1. The van der Waals surface area contributed by atoms with E-state index in [2.05, 4.69) is 10.3 Å². The van der Waals surface area contributed by atoms with Gasteiger partial charge in [0.1, 0.15) is 5.82 Å². The number of fused-ring (bicyclic) bond motifs is 1. The number of hydrogen-bond acceptors (Lipinski definition) is 2. The van der Waals surface area contributed by atoms with Crippen LogP contribution < -0.4 is 5.32 Å². The number of halogens is 2. The fourth-order valence-electron chi connectivity index (χ4n) is 2.56. The van der Waals surface area contributed by atoms with Gasteiger partial charge in [-0.1, -0.05) is 35.3 Å². The van der Waals surface area contributed by atoms with Crippen molar-refractivity contribution in [2.45, 2.75) is 13.3 Å². The number of nitrogens with one attached hydrogen (secondary N) is 1. The lowest BCUT2D eigenvalue weighted by atomic mass is 10.1. The Morgan fingerprint density at radius 1 is 1.22 bits per heavy atom. The van der Waals surface area contributed by atoms with E-state index in [1.54, 1.807) is 12.1 Å². The summed E-state index contributed by atoms with van der Waals surface area (Å²) in [5.41, 5.74) is 3.37. The number of aromatic nitrogens is 2. The monoisotopic (exact) mass is 347 g/mol. The Kier molecular flexibility index (Phi) is 4.28. The Balaban J connectivity index is 1.98. The number of para-hydroxylation sites is 2. The normalized spacial score (nSPS) is 11.0. The zero-order valence-corrected chi connectivity index (χ0v) is 14.2. The summed E-state index contributed by atoms with van der Waals surface area (Å²) in [5.74, 6) is 0.711. The van der Waals surface area contributed by atoms with Crippen molar-refractivity contribution in [3.05, 3.63) is 57.8 Å². The standard InChI is InChI=1S/C17H15Cl2N3O/c1-10(23)20-11-7-13(18)12(14(19)8-11)9-17-21-15-5-3-4-6-16(15)22(17)2/h3-8H,9H2,1-2H3,(H,20,23). The van der Waals surface area contributed by atoms with E-state index in [-0.39, 0.29) is 5.91 Å². The molecular weight excluding hydrogens is 333 g/mol. The predicted octanol–water partition coefficient (Wildman–Crippen LogP) is 4.43. The minimum atomic E-state index is -0.166. The van der Waals surface area contributed by atoms with Crippen LogP contribution in [-0.4, -0.2) is 15.5 Å². The van der Waals surface area contributed by atoms with Crippen molar-refractivity contribution in [2.75, 3.05) is 5.32 Å². The fourth-order valence-corrected chi connectivity index (χ4v) is 3.18. The summed E-state index contributed by atoms with van der Waals surface area (Å²) in [6.45, 7) is 1.44. The van der Waals surface area contributed by atoms with Crippen LogP contribution in [0.25, 0.3) is 11.0 Å². The minimum Gasteiger partial charge on any atom is -0.331 e. The first kappa shape index (κ1) is 15.8. The van der Waals surface area contributed by atoms with Crippen molar-refractivity contribution in [3.8, 4) is 0 Å². The highest BCUT2D eigenvalue weighted by Crippen LogP contribution is 2.31. The van der Waals surface area contributed by atoms with Gasteiger partial charge in [-0.25, -0.2) is 4.98 Å². The molecule has 23 heavy (non-hydrogen) atoms. The summed E-state index contributed by atoms with van der Waals surface area (Å²) in [6, 6.07) is 11.3. The molecule has 3 aromatic rings. The second kappa shape index (κ2) is 6.22. The molecule has 0 fully saturated rings. The zero-order valence-electron chi connectivity index (χ0n) is 12.7. The van der Waals surface area contributed by atoms with Crippen LogP contribution in [-0.2, 0) is 18.3 Å². The van der Waals surface area contributed by atoms with Crippen LogP contribution >= 0.6 is 23.2 Å². The molecule has 1 amide bonds. The Bertz CT molecular complexity index is 879. The number of carbonyl (C=O) groups excluding carboxylic acids is 1. The van der Waals surface area contributed by atoms with Crippen LogP contribution in [0, 0.1) is 0 Å². The molecule has 0 aliphatic rings. The molecule has 0 saturated carbocycles. The van der Waals surface area contributed by atoms with E-state index >= 15 is 0 Å². The number of benzene rings is 2. The van der Waals surface area contributed by atoms with Gasteiger partial charge in [0.25, 0.3) is 0 Å². The maximum atomic E-state index is 11.1. The third-order valence-electron chi connectivity index (χ3n) is 3.68. The Morgan fingerprint density at radius 2 is 1.87 bits per heavy atom. The van der Waals surface area contributed by atoms with Gasteiger partial charge in [0.05, 0.1) is 11.0 Å². The smallest absolute Gasteiger partial charge is 0.221 e. The number of carbonyl (C=O) groups is 1. The van der Waals surface area contributed by atoms with Gasteiger partial charge >= 0.3 is 0 Å². The molecule has 0 aliphatic carbocycles. The average molecular weight is 348 g/mol. The van der Waals surface area contributed by atoms with Crippen LogP contribution in [0.1, 0.15) is 18.3 Å². The summed E-state index contributed by atoms with van der Waals surface area (Å²) in [4.78, 5) is 15.8. The fraction of sp³-hybridized carbons (Fsp3) is 0.176. The van der Waals surface area contributed by atoms with Gasteiger partial charge in [0, 0.05) is 36.1 Å². The third kappa shape index (κ3) is 3.19. The molecular formula is C17H15Cl2N3O. The van der Waals surface area contributed by atoms with Crippen molar-refractivity contribution in [1.82, 2.24) is 9.55 Å². The molecule has 118 valence electrons. The third-order valence-corrected chi connectivity index (χ3v) is 4.35. The molecule has 1 heterocycles. The predicted molar refractivity (Wildman–Crippen MR) is 94.3 cm³/mol. The van der Waals surface area contributed by atoms with E-state index in [4.69, 9.17) is 23.2 Å². The molecule has 0 bridgehead atoms. The number of nitrogens with zero attached hydrogens (tertiary/aromatic N) is 2. The highest BCUT2D eigenvalue weighted by molar-refractivity contribution is 6.36. The van der Waals surface area contributed by atoms with Crippen molar-refractivity contribution in [3.63, 3.8) is 0 Å². The van der Waals surface area contributed by atoms with E-state index in [1.165, 1.54) is 6.92 Å². The van der Waals surface area contributed by atoms with Gasteiger partial charge in [0.2, 0.25) is 5.91 Å². The maximum Gasteiger partial charge on any atom is 0.221 e. The second-order valence-electron chi connectivity index (χ2n) is 5.35. The van der Waals surface area contributed by atoms with Gasteiger partial charge in [-0.05, 0) is 29.8 Å². The van der Waals surface area contributed by atoms with Crippen molar-refractivity contribution >= 4 is 45.8 Å². The molecule has 0 saturated heterocycles. The first-order valence-corrected chi connectivity index (χ1v) is 7.87. The van der Waals surface area contributed by atoms with Gasteiger partial charge in [-0.3, -0.25) is 4.79 Å². The second-order valence-corrected chi connectivity index (χ2v) is 6.17. The van der Waals surface area contributed by atoms with Gasteiger partial charge in [-0.15, -0.1) is 0 Å². The zero-order chi connectivity index (χ0) is 16.6. The molecule has 0 unspecified atom stereocenters. The van der Waals surface area contributed by atoms with Crippen LogP contribution in [0.15, 0.2) is 36.4 Å². The number of anilines is 1. The summed E-state index contributed by atoms with van der Waals surface area (Å²) < 4.78 is 2.03. The first-order valence-electron chi connectivity index (χ1n) is 7.11. The lowest BCUT2D eigenvalue weighted by Crippen LogP contribution is -2.06. The number of imidazole rings is 1. The topological polar surface area (TPSA) is 46.9 Å². The van der Waals surface area contributed by atoms with Crippen molar-refractivity contribution < 1.29 is 4.79 Å². The van der Waals surface area contributed by atoms with E-state index < -0.39 is 0 Å². The first-order chi connectivity index (χ1) is 11.0.